The molecule has 0 bridgehead atoms. The Kier molecular flexibility index (Phi) is 9.64. The van der Waals surface area contributed by atoms with Crippen LogP contribution in [0.4, 0.5) is 0 Å². The molecule has 0 amide bonds. The lowest BCUT2D eigenvalue weighted by atomic mass is 9.96. The second kappa shape index (κ2) is 14.1. The summed E-state index contributed by atoms with van der Waals surface area (Å²) in [5, 5.41) is 9.17. The molecular weight excluding hydrogens is 566 g/mol. The van der Waals surface area contributed by atoms with Crippen LogP contribution in [0.1, 0.15) is 44.5 Å². The van der Waals surface area contributed by atoms with E-state index in [1.807, 2.05) is 79.7 Å². The van der Waals surface area contributed by atoms with Gasteiger partial charge in [0, 0.05) is 56.4 Å². The third-order valence-corrected chi connectivity index (χ3v) is 8.62. The number of ketones is 1. The predicted molar refractivity (Wildman–Crippen MR) is 178 cm³/mol. The molecule has 6 rings (SSSR count). The summed E-state index contributed by atoms with van der Waals surface area (Å²) in [5.41, 5.74) is 6.54. The van der Waals surface area contributed by atoms with E-state index in [0.717, 1.165) is 61.2 Å². The van der Waals surface area contributed by atoms with Crippen LogP contribution in [0.25, 0.3) is 5.69 Å². The zero-order chi connectivity index (χ0) is 30.3. The van der Waals surface area contributed by atoms with E-state index in [1.165, 1.54) is 11.1 Å². The van der Waals surface area contributed by atoms with Crippen LogP contribution in [-0.4, -0.2) is 64.6 Å². The Morgan fingerprint density at radius 1 is 0.818 bits per heavy atom. The zero-order valence-corrected chi connectivity index (χ0v) is 25.8. The maximum atomic E-state index is 13.6. The SMILES string of the molecule is Cc1ccccc1C(=O)c1cc(CNCCN2CCN(C(c3ccccc3)c3ccc(Cl)cc3)CC2)nn1-c1ccccc1. The van der Waals surface area contributed by atoms with Crippen molar-refractivity contribution in [2.45, 2.75) is 19.5 Å². The number of halogens is 1. The highest BCUT2D eigenvalue weighted by Crippen LogP contribution is 2.30. The normalized spacial score (nSPS) is 14.9. The van der Waals surface area contributed by atoms with Gasteiger partial charge in [0.1, 0.15) is 5.69 Å². The average molecular weight is 604 g/mol. The fourth-order valence-corrected chi connectivity index (χ4v) is 6.13. The number of benzene rings is 4. The molecule has 4 aromatic carbocycles. The first kappa shape index (κ1) is 30.0. The Morgan fingerprint density at radius 2 is 1.45 bits per heavy atom. The van der Waals surface area contributed by atoms with Gasteiger partial charge in [-0.15, -0.1) is 0 Å². The molecule has 224 valence electrons. The van der Waals surface area contributed by atoms with Gasteiger partial charge in [0.2, 0.25) is 5.78 Å². The number of carbonyl (C=O) groups excluding carboxylic acids is 1. The zero-order valence-electron chi connectivity index (χ0n) is 25.1. The van der Waals surface area contributed by atoms with Crippen LogP contribution in [0.2, 0.25) is 5.02 Å². The van der Waals surface area contributed by atoms with Crippen molar-refractivity contribution in [1.82, 2.24) is 24.9 Å². The van der Waals surface area contributed by atoms with Gasteiger partial charge >= 0.3 is 0 Å². The summed E-state index contributed by atoms with van der Waals surface area (Å²) in [7, 11) is 0. The van der Waals surface area contributed by atoms with Crippen molar-refractivity contribution in [1.29, 1.82) is 0 Å². The first-order chi connectivity index (χ1) is 21.6. The summed E-state index contributed by atoms with van der Waals surface area (Å²) in [4.78, 5) is 18.7. The molecule has 0 aliphatic carbocycles. The van der Waals surface area contributed by atoms with E-state index in [1.54, 1.807) is 4.68 Å². The largest absolute Gasteiger partial charge is 0.310 e. The molecule has 0 saturated carbocycles. The van der Waals surface area contributed by atoms with Crippen molar-refractivity contribution in [3.8, 4) is 5.69 Å². The Labute approximate surface area is 264 Å². The summed E-state index contributed by atoms with van der Waals surface area (Å²) in [5.74, 6) is -0.0176. The number of nitrogens with one attached hydrogen (secondary N) is 1. The molecule has 1 atom stereocenters. The van der Waals surface area contributed by atoms with Crippen LogP contribution in [0.3, 0.4) is 0 Å². The number of hydrogen-bond donors (Lipinski definition) is 1. The smallest absolute Gasteiger partial charge is 0.211 e. The highest BCUT2D eigenvalue weighted by atomic mass is 35.5. The number of carbonyl (C=O) groups is 1. The first-order valence-electron chi connectivity index (χ1n) is 15.3. The van der Waals surface area contributed by atoms with Crippen molar-refractivity contribution in [3.05, 3.63) is 154 Å². The van der Waals surface area contributed by atoms with Gasteiger partial charge < -0.3 is 5.32 Å². The minimum absolute atomic E-state index is 0.0176. The van der Waals surface area contributed by atoms with E-state index in [0.29, 0.717) is 17.8 Å². The van der Waals surface area contributed by atoms with E-state index in [-0.39, 0.29) is 11.8 Å². The Balaban J connectivity index is 1.06. The number of aromatic nitrogens is 2. The number of aryl methyl sites for hydroxylation is 1. The highest BCUT2D eigenvalue weighted by molar-refractivity contribution is 6.30. The van der Waals surface area contributed by atoms with Crippen molar-refractivity contribution >= 4 is 17.4 Å². The van der Waals surface area contributed by atoms with Gasteiger partial charge in [0.25, 0.3) is 0 Å². The second-order valence-corrected chi connectivity index (χ2v) is 11.8. The van der Waals surface area contributed by atoms with Crippen LogP contribution in [0, 0.1) is 6.92 Å². The quantitative estimate of drug-likeness (QED) is 0.137. The lowest BCUT2D eigenvalue weighted by molar-refractivity contribution is 0.103. The number of rotatable bonds is 11. The molecular formula is C37H38ClN5O. The molecule has 6 nitrogen and oxygen atoms in total. The molecule has 0 radical (unpaired) electrons. The molecule has 7 heteroatoms. The van der Waals surface area contributed by atoms with Gasteiger partial charge in [-0.25, -0.2) is 4.68 Å². The summed E-state index contributed by atoms with van der Waals surface area (Å²) in [6.45, 7) is 8.38. The van der Waals surface area contributed by atoms with Crippen LogP contribution in [0.15, 0.2) is 115 Å². The molecule has 0 spiro atoms. The predicted octanol–water partition coefficient (Wildman–Crippen LogP) is 6.56. The van der Waals surface area contributed by atoms with E-state index < -0.39 is 0 Å². The molecule has 1 saturated heterocycles. The average Bonchev–Trinajstić information content (AvgIpc) is 3.50. The van der Waals surface area contributed by atoms with Gasteiger partial charge in [0.05, 0.1) is 17.4 Å². The molecule has 1 aliphatic rings. The summed E-state index contributed by atoms with van der Waals surface area (Å²) in [6.07, 6.45) is 0. The number of nitrogens with zero attached hydrogens (tertiary/aromatic N) is 4. The van der Waals surface area contributed by atoms with Crippen molar-refractivity contribution < 1.29 is 4.79 Å². The summed E-state index contributed by atoms with van der Waals surface area (Å²) < 4.78 is 1.77. The lowest BCUT2D eigenvalue weighted by Gasteiger charge is -2.39. The van der Waals surface area contributed by atoms with Gasteiger partial charge in [0.15, 0.2) is 0 Å². The van der Waals surface area contributed by atoms with Crippen molar-refractivity contribution in [2.75, 3.05) is 39.3 Å². The standard InChI is InChI=1S/C37H38ClN5O/c1-28-10-8-9-15-34(28)37(44)35-26-32(40-43(35)33-13-6-3-7-14-33)27-39-20-21-41-22-24-42(25-23-41)36(29-11-4-2-5-12-29)30-16-18-31(38)19-17-30/h2-19,26,36,39H,20-25,27H2,1H3. The molecule has 44 heavy (non-hydrogen) atoms. The minimum atomic E-state index is -0.0176. The fourth-order valence-electron chi connectivity index (χ4n) is 6.00. The van der Waals surface area contributed by atoms with Crippen molar-refractivity contribution in [2.24, 2.45) is 0 Å². The maximum absolute atomic E-state index is 13.6. The van der Waals surface area contributed by atoms with Crippen LogP contribution in [-0.2, 0) is 6.54 Å². The first-order valence-corrected chi connectivity index (χ1v) is 15.7. The third kappa shape index (κ3) is 7.01. The van der Waals surface area contributed by atoms with E-state index in [2.05, 4.69) is 57.6 Å². The fraction of sp³-hybridized carbons (Fsp3) is 0.243. The monoisotopic (exact) mass is 603 g/mol. The van der Waals surface area contributed by atoms with Gasteiger partial charge in [-0.3, -0.25) is 14.6 Å². The van der Waals surface area contributed by atoms with Gasteiger partial charge in [-0.05, 0) is 53.9 Å². The topological polar surface area (TPSA) is 53.4 Å². The number of hydrogen-bond acceptors (Lipinski definition) is 5. The van der Waals surface area contributed by atoms with E-state index in [4.69, 9.17) is 16.7 Å². The molecule has 2 heterocycles. The third-order valence-electron chi connectivity index (χ3n) is 8.37. The maximum Gasteiger partial charge on any atom is 0.211 e. The molecule has 1 N–H and O–H groups in total. The van der Waals surface area contributed by atoms with Crippen LogP contribution in [0.5, 0.6) is 0 Å². The molecule has 5 aromatic rings. The second-order valence-electron chi connectivity index (χ2n) is 11.3. The Morgan fingerprint density at radius 3 is 2.16 bits per heavy atom. The van der Waals surface area contributed by atoms with Crippen LogP contribution < -0.4 is 5.32 Å². The number of para-hydroxylation sites is 1. The Bertz CT molecular complexity index is 1660. The van der Waals surface area contributed by atoms with Gasteiger partial charge in [-0.1, -0.05) is 96.5 Å². The van der Waals surface area contributed by atoms with E-state index in [9.17, 15) is 4.79 Å². The summed E-state index contributed by atoms with van der Waals surface area (Å²) in [6, 6.07) is 38.7. The Hall–Kier alpha value is -4.07. The van der Waals surface area contributed by atoms with Crippen molar-refractivity contribution in [3.63, 3.8) is 0 Å². The highest BCUT2D eigenvalue weighted by Gasteiger charge is 2.26. The van der Waals surface area contributed by atoms with Crippen LogP contribution >= 0.6 is 11.6 Å². The van der Waals surface area contributed by atoms with E-state index >= 15 is 0 Å². The lowest BCUT2D eigenvalue weighted by Crippen LogP contribution is -2.49. The van der Waals surface area contributed by atoms with Gasteiger partial charge in [-0.2, -0.15) is 5.10 Å². The molecule has 1 unspecified atom stereocenters. The summed E-state index contributed by atoms with van der Waals surface area (Å²) >= 11 is 6.20. The molecule has 1 fully saturated rings. The molecule has 1 aromatic heterocycles. The minimum Gasteiger partial charge on any atom is -0.310 e. The molecule has 1 aliphatic heterocycles. The number of piperazine rings is 1.